The number of nitrogens with one attached hydrogen (secondary N) is 1. The van der Waals surface area contributed by atoms with Gasteiger partial charge in [0.15, 0.2) is 5.13 Å². The van der Waals surface area contributed by atoms with Gasteiger partial charge < -0.3 is 10.1 Å². The number of anilines is 3. The number of hydrogen-bond acceptors (Lipinski definition) is 5. The van der Waals surface area contributed by atoms with E-state index in [1.54, 1.807) is 41.8 Å². The van der Waals surface area contributed by atoms with Crippen LogP contribution in [0, 0.1) is 5.82 Å². The fourth-order valence-corrected chi connectivity index (χ4v) is 3.95. The molecule has 0 atom stereocenters. The second-order valence-corrected chi connectivity index (χ2v) is 7.96. The zero-order chi connectivity index (χ0) is 23.9. The SMILES string of the molecule is CC(=O)N(c1nc(/C=C/C(=O)Nc2cccc(Oc3ccccc3)c2)cs1)c1ccccc1F. The molecule has 4 rings (SSSR count). The van der Waals surface area contributed by atoms with Crippen molar-refractivity contribution in [1.82, 2.24) is 4.98 Å². The summed E-state index contributed by atoms with van der Waals surface area (Å²) in [6, 6.07) is 22.4. The standard InChI is InChI=1S/C26H20FN3O3S/c1-18(31)30(24-13-6-5-12-23(24)27)26-29-20(17-34-26)14-15-25(32)28-19-8-7-11-22(16-19)33-21-9-3-2-4-10-21/h2-17H,1H3,(H,28,32)/b15-14+. The van der Waals surface area contributed by atoms with Crippen LogP contribution >= 0.6 is 11.3 Å². The Kier molecular flexibility index (Phi) is 7.10. The van der Waals surface area contributed by atoms with E-state index in [1.165, 1.54) is 47.4 Å². The summed E-state index contributed by atoms with van der Waals surface area (Å²) in [7, 11) is 0. The van der Waals surface area contributed by atoms with E-state index in [0.29, 0.717) is 28.0 Å². The first-order valence-corrected chi connectivity index (χ1v) is 11.2. The molecule has 0 aliphatic heterocycles. The van der Waals surface area contributed by atoms with Gasteiger partial charge >= 0.3 is 0 Å². The quantitative estimate of drug-likeness (QED) is 0.315. The lowest BCUT2D eigenvalue weighted by Gasteiger charge is -2.18. The number of aromatic nitrogens is 1. The van der Waals surface area contributed by atoms with Gasteiger partial charge in [-0.2, -0.15) is 0 Å². The Balaban J connectivity index is 1.43. The first-order valence-electron chi connectivity index (χ1n) is 10.3. The molecular weight excluding hydrogens is 453 g/mol. The van der Waals surface area contributed by atoms with Crippen LogP contribution in [0.5, 0.6) is 11.5 Å². The van der Waals surface area contributed by atoms with Crippen LogP contribution in [-0.2, 0) is 9.59 Å². The molecule has 0 radical (unpaired) electrons. The van der Waals surface area contributed by atoms with Gasteiger partial charge in [-0.25, -0.2) is 9.37 Å². The average Bonchev–Trinajstić information content (AvgIpc) is 3.28. The second-order valence-electron chi connectivity index (χ2n) is 7.13. The van der Waals surface area contributed by atoms with Crippen LogP contribution in [0.3, 0.4) is 0 Å². The Morgan fingerprint density at radius 1 is 1.00 bits per heavy atom. The third kappa shape index (κ3) is 5.73. The molecule has 3 aromatic carbocycles. The van der Waals surface area contributed by atoms with E-state index in [4.69, 9.17) is 4.74 Å². The normalized spacial score (nSPS) is 10.8. The van der Waals surface area contributed by atoms with Crippen molar-refractivity contribution in [3.05, 3.63) is 102 Å². The smallest absolute Gasteiger partial charge is 0.248 e. The summed E-state index contributed by atoms with van der Waals surface area (Å²) >= 11 is 1.18. The maximum Gasteiger partial charge on any atom is 0.248 e. The maximum atomic E-state index is 14.2. The molecule has 0 bridgehead atoms. The van der Waals surface area contributed by atoms with Gasteiger partial charge in [-0.15, -0.1) is 11.3 Å². The summed E-state index contributed by atoms with van der Waals surface area (Å²) in [6.45, 7) is 1.34. The summed E-state index contributed by atoms with van der Waals surface area (Å²) in [6.07, 6.45) is 2.87. The molecule has 1 aromatic heterocycles. The van der Waals surface area contributed by atoms with Crippen molar-refractivity contribution in [2.45, 2.75) is 6.92 Å². The number of amides is 2. The third-order valence-corrected chi connectivity index (χ3v) is 5.44. The minimum atomic E-state index is -0.525. The lowest BCUT2D eigenvalue weighted by atomic mass is 10.3. The molecule has 2 amide bonds. The highest BCUT2D eigenvalue weighted by Gasteiger charge is 2.20. The van der Waals surface area contributed by atoms with Crippen molar-refractivity contribution in [3.8, 4) is 11.5 Å². The zero-order valence-electron chi connectivity index (χ0n) is 18.1. The van der Waals surface area contributed by atoms with Crippen molar-refractivity contribution in [3.63, 3.8) is 0 Å². The first-order chi connectivity index (χ1) is 16.5. The predicted molar refractivity (Wildman–Crippen MR) is 132 cm³/mol. The summed E-state index contributed by atoms with van der Waals surface area (Å²) in [5, 5.41) is 4.77. The number of carbonyl (C=O) groups is 2. The maximum absolute atomic E-state index is 14.2. The Morgan fingerprint density at radius 2 is 1.74 bits per heavy atom. The molecule has 170 valence electrons. The molecule has 1 heterocycles. The van der Waals surface area contributed by atoms with Gasteiger partial charge in [0.1, 0.15) is 17.3 Å². The van der Waals surface area contributed by atoms with Crippen LogP contribution in [0.4, 0.5) is 20.9 Å². The largest absolute Gasteiger partial charge is 0.457 e. The molecule has 8 heteroatoms. The number of hydrogen-bond donors (Lipinski definition) is 1. The zero-order valence-corrected chi connectivity index (χ0v) is 19.0. The molecule has 0 saturated carbocycles. The van der Waals surface area contributed by atoms with E-state index in [2.05, 4.69) is 10.3 Å². The van der Waals surface area contributed by atoms with Crippen LogP contribution < -0.4 is 15.0 Å². The third-order valence-electron chi connectivity index (χ3n) is 4.60. The van der Waals surface area contributed by atoms with Crippen LogP contribution in [0.15, 0.2) is 90.3 Å². The summed E-state index contributed by atoms with van der Waals surface area (Å²) in [5.41, 5.74) is 1.17. The summed E-state index contributed by atoms with van der Waals surface area (Å²) in [4.78, 5) is 30.1. The minimum Gasteiger partial charge on any atom is -0.457 e. The van der Waals surface area contributed by atoms with Gasteiger partial charge in [-0.05, 0) is 42.5 Å². The molecule has 0 saturated heterocycles. The number of nitrogens with zero attached hydrogens (tertiary/aromatic N) is 2. The highest BCUT2D eigenvalue weighted by atomic mass is 32.1. The monoisotopic (exact) mass is 473 g/mol. The Morgan fingerprint density at radius 3 is 2.50 bits per heavy atom. The van der Waals surface area contributed by atoms with E-state index in [0.717, 1.165) is 0 Å². The topological polar surface area (TPSA) is 71.5 Å². The van der Waals surface area contributed by atoms with Gasteiger partial charge in [-0.1, -0.05) is 36.4 Å². The Hall–Kier alpha value is -4.30. The van der Waals surface area contributed by atoms with Crippen LogP contribution in [0.2, 0.25) is 0 Å². The summed E-state index contributed by atoms with van der Waals surface area (Å²) in [5.74, 6) is 0.0342. The van der Waals surface area contributed by atoms with Crippen molar-refractivity contribution in [1.29, 1.82) is 0 Å². The number of rotatable bonds is 7. The average molecular weight is 474 g/mol. The highest BCUT2D eigenvalue weighted by molar-refractivity contribution is 7.14. The van der Waals surface area contributed by atoms with Crippen molar-refractivity contribution in [2.75, 3.05) is 10.2 Å². The minimum absolute atomic E-state index is 0.121. The van der Waals surface area contributed by atoms with E-state index in [-0.39, 0.29) is 17.5 Å². The second kappa shape index (κ2) is 10.5. The Labute approximate surface area is 200 Å². The molecule has 0 spiro atoms. The molecule has 0 fully saturated rings. The lowest BCUT2D eigenvalue weighted by molar-refractivity contribution is -0.116. The molecule has 1 N–H and O–H groups in total. The van der Waals surface area contributed by atoms with E-state index < -0.39 is 5.82 Å². The number of ether oxygens (including phenoxy) is 1. The van der Waals surface area contributed by atoms with Gasteiger partial charge in [0.2, 0.25) is 11.8 Å². The number of para-hydroxylation sites is 2. The van der Waals surface area contributed by atoms with Crippen LogP contribution in [-0.4, -0.2) is 16.8 Å². The number of halogens is 1. The lowest BCUT2D eigenvalue weighted by Crippen LogP contribution is -2.23. The van der Waals surface area contributed by atoms with Crippen LogP contribution in [0.25, 0.3) is 6.08 Å². The van der Waals surface area contributed by atoms with Gasteiger partial charge in [0.05, 0.1) is 11.4 Å². The molecule has 4 aromatic rings. The fraction of sp³-hybridized carbons (Fsp3) is 0.0385. The van der Waals surface area contributed by atoms with E-state index in [1.807, 2.05) is 30.3 Å². The van der Waals surface area contributed by atoms with Crippen LogP contribution in [0.1, 0.15) is 12.6 Å². The molecule has 0 aliphatic rings. The number of thiazole rings is 1. The van der Waals surface area contributed by atoms with Crippen molar-refractivity contribution in [2.24, 2.45) is 0 Å². The predicted octanol–water partition coefficient (Wildman–Crippen LogP) is 6.41. The summed E-state index contributed by atoms with van der Waals surface area (Å²) < 4.78 is 20.0. The number of benzene rings is 3. The molecule has 6 nitrogen and oxygen atoms in total. The molecule has 0 aliphatic carbocycles. The molecule has 34 heavy (non-hydrogen) atoms. The number of carbonyl (C=O) groups excluding carboxylic acids is 2. The Bertz CT molecular complexity index is 1340. The molecule has 0 unspecified atom stereocenters. The molecular formula is C26H20FN3O3S. The van der Waals surface area contributed by atoms with Crippen molar-refractivity contribution < 1.29 is 18.7 Å². The first kappa shape index (κ1) is 22.9. The van der Waals surface area contributed by atoms with E-state index >= 15 is 0 Å². The van der Waals surface area contributed by atoms with E-state index in [9.17, 15) is 14.0 Å². The van der Waals surface area contributed by atoms with Gasteiger partial charge in [-0.3, -0.25) is 14.5 Å². The van der Waals surface area contributed by atoms with Gasteiger partial charge in [0, 0.05) is 30.1 Å². The highest BCUT2D eigenvalue weighted by Crippen LogP contribution is 2.31. The van der Waals surface area contributed by atoms with Gasteiger partial charge in [0.25, 0.3) is 0 Å². The fourth-order valence-electron chi connectivity index (χ4n) is 3.10. The van der Waals surface area contributed by atoms with Crippen molar-refractivity contribution >= 4 is 45.7 Å².